The van der Waals surface area contributed by atoms with Crippen LogP contribution in [-0.2, 0) is 14.4 Å². The minimum Gasteiger partial charge on any atom is -0.347 e. The predicted octanol–water partition coefficient (Wildman–Crippen LogP) is 1.26. The second-order valence-corrected chi connectivity index (χ2v) is 5.51. The Morgan fingerprint density at radius 2 is 1.74 bits per heavy atom. The fourth-order valence-corrected chi connectivity index (χ4v) is 2.53. The highest BCUT2D eigenvalue weighted by atomic mass is 16.2. The fourth-order valence-electron chi connectivity index (χ4n) is 2.53. The van der Waals surface area contributed by atoms with Crippen LogP contribution < -0.4 is 5.32 Å². The Kier molecular flexibility index (Phi) is 5.99. The molecule has 0 aromatic heterocycles. The molecule has 2 amide bonds. The first-order chi connectivity index (χ1) is 8.97. The Hall–Kier alpha value is -1.39. The van der Waals surface area contributed by atoms with Crippen molar-refractivity contribution in [3.05, 3.63) is 0 Å². The van der Waals surface area contributed by atoms with Crippen LogP contribution in [0, 0.1) is 0 Å². The molecule has 5 nitrogen and oxygen atoms in total. The summed E-state index contributed by atoms with van der Waals surface area (Å²) in [6.45, 7) is 5.23. The number of rotatable bonds is 6. The molecular formula is C14H24N2O3. The summed E-state index contributed by atoms with van der Waals surface area (Å²) in [5.74, 6) is -1.14. The quantitative estimate of drug-likeness (QED) is 0.582. The van der Waals surface area contributed by atoms with Crippen molar-refractivity contribution in [1.82, 2.24) is 10.2 Å². The van der Waals surface area contributed by atoms with E-state index < -0.39 is 17.7 Å². The van der Waals surface area contributed by atoms with Gasteiger partial charge in [-0.2, -0.15) is 0 Å². The van der Waals surface area contributed by atoms with Crippen LogP contribution in [0.15, 0.2) is 0 Å². The molecule has 0 saturated heterocycles. The second-order valence-electron chi connectivity index (χ2n) is 5.51. The number of Topliss-reactive ketones (excluding diaryl/α,β-unsaturated/α-hetero) is 1. The van der Waals surface area contributed by atoms with E-state index in [0.717, 1.165) is 25.7 Å². The largest absolute Gasteiger partial charge is 0.347 e. The zero-order valence-electron chi connectivity index (χ0n) is 12.0. The summed E-state index contributed by atoms with van der Waals surface area (Å²) < 4.78 is 0. The summed E-state index contributed by atoms with van der Waals surface area (Å²) in [7, 11) is 0. The summed E-state index contributed by atoms with van der Waals surface area (Å²) in [5, 5.41) is 2.57. The highest BCUT2D eigenvalue weighted by molar-refractivity contribution is 6.38. The first kappa shape index (κ1) is 15.7. The molecule has 1 N–H and O–H groups in total. The number of nitrogens with zero attached hydrogens (tertiary/aromatic N) is 1. The van der Waals surface area contributed by atoms with Gasteiger partial charge in [0.05, 0.1) is 6.04 Å². The highest BCUT2D eigenvalue weighted by Gasteiger charge is 2.31. The number of ketones is 1. The SMILES string of the molecule is CC(C)NC(=O)C(=O)C(C)N(C=O)C1CCCCC1. The van der Waals surface area contributed by atoms with Gasteiger partial charge in [0.1, 0.15) is 0 Å². The molecular weight excluding hydrogens is 244 g/mol. The van der Waals surface area contributed by atoms with Gasteiger partial charge >= 0.3 is 0 Å². The molecule has 1 rings (SSSR count). The van der Waals surface area contributed by atoms with Gasteiger partial charge < -0.3 is 10.2 Å². The molecule has 0 aliphatic heterocycles. The number of nitrogens with one attached hydrogen (secondary N) is 1. The van der Waals surface area contributed by atoms with E-state index in [9.17, 15) is 14.4 Å². The molecule has 1 aliphatic rings. The summed E-state index contributed by atoms with van der Waals surface area (Å²) >= 11 is 0. The molecule has 0 bridgehead atoms. The monoisotopic (exact) mass is 268 g/mol. The van der Waals surface area contributed by atoms with Crippen molar-refractivity contribution in [2.45, 2.75) is 71.0 Å². The maximum atomic E-state index is 12.0. The van der Waals surface area contributed by atoms with E-state index >= 15 is 0 Å². The van der Waals surface area contributed by atoms with E-state index in [2.05, 4.69) is 5.32 Å². The molecule has 1 unspecified atom stereocenters. The van der Waals surface area contributed by atoms with Crippen molar-refractivity contribution < 1.29 is 14.4 Å². The fraction of sp³-hybridized carbons (Fsp3) is 0.786. The van der Waals surface area contributed by atoms with E-state index in [0.29, 0.717) is 6.41 Å². The molecule has 1 saturated carbocycles. The van der Waals surface area contributed by atoms with Crippen LogP contribution in [0.3, 0.4) is 0 Å². The summed E-state index contributed by atoms with van der Waals surface area (Å²) in [5.41, 5.74) is 0. The van der Waals surface area contributed by atoms with Crippen molar-refractivity contribution >= 4 is 18.1 Å². The third kappa shape index (κ3) is 4.33. The predicted molar refractivity (Wildman–Crippen MR) is 72.5 cm³/mol. The molecule has 0 aromatic carbocycles. The zero-order valence-corrected chi connectivity index (χ0v) is 12.0. The lowest BCUT2D eigenvalue weighted by Gasteiger charge is -2.34. The summed E-state index contributed by atoms with van der Waals surface area (Å²) in [6, 6.07) is -0.667. The zero-order chi connectivity index (χ0) is 14.4. The van der Waals surface area contributed by atoms with Gasteiger partial charge in [-0.3, -0.25) is 14.4 Å². The Bertz CT molecular complexity index is 336. The minimum absolute atomic E-state index is 0.0805. The van der Waals surface area contributed by atoms with Crippen LogP contribution >= 0.6 is 0 Å². The lowest BCUT2D eigenvalue weighted by Crippen LogP contribution is -2.50. The summed E-state index contributed by atoms with van der Waals surface area (Å²) in [4.78, 5) is 36.5. The van der Waals surface area contributed by atoms with E-state index in [1.54, 1.807) is 20.8 Å². The van der Waals surface area contributed by atoms with Crippen molar-refractivity contribution in [3.8, 4) is 0 Å². The smallest absolute Gasteiger partial charge is 0.289 e. The Morgan fingerprint density at radius 1 is 1.16 bits per heavy atom. The Morgan fingerprint density at radius 3 is 2.21 bits per heavy atom. The van der Waals surface area contributed by atoms with E-state index in [-0.39, 0.29) is 12.1 Å². The number of carbonyl (C=O) groups is 3. The van der Waals surface area contributed by atoms with Crippen molar-refractivity contribution in [1.29, 1.82) is 0 Å². The van der Waals surface area contributed by atoms with Crippen LogP contribution in [0.2, 0.25) is 0 Å². The first-order valence-electron chi connectivity index (χ1n) is 7.04. The van der Waals surface area contributed by atoms with Gasteiger partial charge in [0, 0.05) is 12.1 Å². The van der Waals surface area contributed by atoms with Crippen LogP contribution in [-0.4, -0.2) is 41.1 Å². The standard InChI is InChI=1S/C14H24N2O3/c1-10(2)15-14(19)13(18)11(3)16(9-17)12-7-5-4-6-8-12/h9-12H,4-8H2,1-3H3,(H,15,19). The van der Waals surface area contributed by atoms with E-state index in [1.165, 1.54) is 11.3 Å². The minimum atomic E-state index is -0.681. The van der Waals surface area contributed by atoms with Crippen LogP contribution in [0.4, 0.5) is 0 Å². The molecule has 0 heterocycles. The van der Waals surface area contributed by atoms with Gasteiger partial charge in [-0.05, 0) is 33.6 Å². The van der Waals surface area contributed by atoms with Crippen molar-refractivity contribution in [2.75, 3.05) is 0 Å². The third-order valence-corrected chi connectivity index (χ3v) is 3.59. The highest BCUT2D eigenvalue weighted by Crippen LogP contribution is 2.23. The molecule has 5 heteroatoms. The lowest BCUT2D eigenvalue weighted by molar-refractivity contribution is -0.143. The number of amides is 2. The molecule has 0 radical (unpaired) electrons. The normalized spacial score (nSPS) is 17.9. The number of hydrogen-bond donors (Lipinski definition) is 1. The van der Waals surface area contributed by atoms with Gasteiger partial charge in [-0.25, -0.2) is 0 Å². The van der Waals surface area contributed by atoms with Gasteiger partial charge in [0.25, 0.3) is 5.91 Å². The average Bonchev–Trinajstić information content (AvgIpc) is 2.39. The van der Waals surface area contributed by atoms with E-state index in [1.807, 2.05) is 0 Å². The van der Waals surface area contributed by atoms with Crippen LogP contribution in [0.1, 0.15) is 52.9 Å². The average molecular weight is 268 g/mol. The topological polar surface area (TPSA) is 66.5 Å². The van der Waals surface area contributed by atoms with Crippen LogP contribution in [0.25, 0.3) is 0 Å². The second kappa shape index (κ2) is 7.26. The maximum Gasteiger partial charge on any atom is 0.289 e. The molecule has 1 fully saturated rings. The van der Waals surface area contributed by atoms with E-state index in [4.69, 9.17) is 0 Å². The van der Waals surface area contributed by atoms with Crippen molar-refractivity contribution in [3.63, 3.8) is 0 Å². The molecule has 1 aliphatic carbocycles. The molecule has 0 spiro atoms. The van der Waals surface area contributed by atoms with Crippen LogP contribution in [0.5, 0.6) is 0 Å². The Labute approximate surface area is 114 Å². The van der Waals surface area contributed by atoms with Gasteiger partial charge in [-0.1, -0.05) is 19.3 Å². The molecule has 108 valence electrons. The summed E-state index contributed by atoms with van der Waals surface area (Å²) in [6.07, 6.45) is 5.88. The van der Waals surface area contributed by atoms with Gasteiger partial charge in [0.2, 0.25) is 12.2 Å². The third-order valence-electron chi connectivity index (χ3n) is 3.59. The lowest BCUT2D eigenvalue weighted by atomic mass is 9.93. The maximum absolute atomic E-state index is 12.0. The number of carbonyl (C=O) groups excluding carboxylic acids is 3. The van der Waals surface area contributed by atoms with Crippen molar-refractivity contribution in [2.24, 2.45) is 0 Å². The van der Waals surface area contributed by atoms with Gasteiger partial charge in [-0.15, -0.1) is 0 Å². The first-order valence-corrected chi connectivity index (χ1v) is 7.04. The molecule has 19 heavy (non-hydrogen) atoms. The Balaban J connectivity index is 2.66. The van der Waals surface area contributed by atoms with Gasteiger partial charge in [0.15, 0.2) is 0 Å². The number of hydrogen-bond acceptors (Lipinski definition) is 3. The molecule has 0 aromatic rings. The molecule has 1 atom stereocenters.